The van der Waals surface area contributed by atoms with Gasteiger partial charge in [-0.1, -0.05) is 19.1 Å². The summed E-state index contributed by atoms with van der Waals surface area (Å²) in [6.45, 7) is 2.07. The van der Waals surface area contributed by atoms with Crippen LogP contribution < -0.4 is 11.5 Å². The first-order valence-electron chi connectivity index (χ1n) is 11.9. The fourth-order valence-corrected chi connectivity index (χ4v) is 6.01. The van der Waals surface area contributed by atoms with Gasteiger partial charge in [-0.3, -0.25) is 19.2 Å². The number of carbonyl (C=O) groups is 4. The number of benzene rings is 1. The lowest BCUT2D eigenvalue weighted by Crippen LogP contribution is -2.67. The lowest BCUT2D eigenvalue weighted by molar-refractivity contribution is -0.190. The second-order valence-electron chi connectivity index (χ2n) is 9.77. The maximum Gasteiger partial charge on any atom is 0.306 e. The Hall–Kier alpha value is -3.28. The lowest BCUT2D eigenvalue weighted by Gasteiger charge is -2.53. The Morgan fingerprint density at radius 2 is 1.89 bits per heavy atom. The average Bonchev–Trinajstić information content (AvgIpc) is 2.81. The van der Waals surface area contributed by atoms with Gasteiger partial charge in [0.05, 0.1) is 11.7 Å². The Balaban J connectivity index is 1.90. The number of hydrogen-bond donors (Lipinski definition) is 6. The first kappa shape index (κ1) is 25.8. The van der Waals surface area contributed by atoms with Gasteiger partial charge in [0, 0.05) is 23.8 Å². The predicted octanol–water partition coefficient (Wildman–Crippen LogP) is -0.0428. The molecular formula is C25H30N2O9. The number of aliphatic hydroxyl groups excluding tert-OH is 2. The van der Waals surface area contributed by atoms with Gasteiger partial charge in [-0.05, 0) is 43.4 Å². The van der Waals surface area contributed by atoms with E-state index in [0.717, 1.165) is 0 Å². The van der Waals surface area contributed by atoms with Gasteiger partial charge < -0.3 is 36.6 Å². The molecule has 8 N–H and O–H groups in total. The topological polar surface area (TPSA) is 210 Å². The molecule has 0 aliphatic heterocycles. The van der Waals surface area contributed by atoms with Gasteiger partial charge in [0.25, 0.3) is 0 Å². The van der Waals surface area contributed by atoms with Gasteiger partial charge in [0.2, 0.25) is 5.91 Å². The van der Waals surface area contributed by atoms with Gasteiger partial charge in [-0.15, -0.1) is 0 Å². The van der Waals surface area contributed by atoms with Crippen LogP contribution in [0.15, 0.2) is 29.5 Å². The first-order valence-corrected chi connectivity index (χ1v) is 11.9. The maximum atomic E-state index is 13.6. The highest BCUT2D eigenvalue weighted by Crippen LogP contribution is 2.55. The summed E-state index contributed by atoms with van der Waals surface area (Å²) in [4.78, 5) is 51.6. The molecule has 3 aliphatic carbocycles. The van der Waals surface area contributed by atoms with E-state index in [9.17, 15) is 39.6 Å². The molecule has 3 aliphatic rings. The molecule has 0 heterocycles. The highest BCUT2D eigenvalue weighted by molar-refractivity contribution is 6.15. The van der Waals surface area contributed by atoms with Crippen LogP contribution in [0.1, 0.15) is 54.4 Å². The maximum absolute atomic E-state index is 13.6. The van der Waals surface area contributed by atoms with Crippen molar-refractivity contribution in [2.45, 2.75) is 56.3 Å². The molecule has 0 bridgehead atoms. The fourth-order valence-electron chi connectivity index (χ4n) is 6.01. The standard InChI is InChI=1S/C25H30N2O9/c1-10-11-5-4-6-13(28)17(11)20(31)19-16(10)21(36-15(30)7-2-3-8-26)12-9-14(29)18(24(27)34)22(32)25(12,35)23(19)33/h4-6,10,12,14,16,18,21,28-29,33,35H,2-3,7-9,26H2,1H3,(H2,27,34)/t10-,12+,14?,16+,18?,21+,25+/m0/s1. The molecule has 11 nitrogen and oxygen atoms in total. The number of fused-ring (bicyclic) bond motifs is 3. The van der Waals surface area contributed by atoms with Crippen molar-refractivity contribution < 1.29 is 44.3 Å². The number of ketones is 2. The molecule has 0 spiro atoms. The number of esters is 1. The van der Waals surface area contributed by atoms with Crippen LogP contribution in [0.4, 0.5) is 0 Å². The van der Waals surface area contributed by atoms with Gasteiger partial charge in [0.1, 0.15) is 23.5 Å². The Morgan fingerprint density at radius 3 is 2.53 bits per heavy atom. The monoisotopic (exact) mass is 502 g/mol. The molecule has 1 saturated carbocycles. The zero-order valence-corrected chi connectivity index (χ0v) is 19.7. The van der Waals surface area contributed by atoms with Crippen molar-refractivity contribution in [3.05, 3.63) is 40.7 Å². The molecule has 1 amide bonds. The van der Waals surface area contributed by atoms with Gasteiger partial charge in [-0.2, -0.15) is 0 Å². The number of nitrogens with two attached hydrogens (primary N) is 2. The Kier molecular flexibility index (Phi) is 6.67. The second kappa shape index (κ2) is 9.30. The van der Waals surface area contributed by atoms with Crippen LogP contribution in [0.5, 0.6) is 5.75 Å². The number of amides is 1. The van der Waals surface area contributed by atoms with Gasteiger partial charge in [0.15, 0.2) is 17.2 Å². The van der Waals surface area contributed by atoms with E-state index in [0.29, 0.717) is 24.9 Å². The third kappa shape index (κ3) is 3.69. The summed E-state index contributed by atoms with van der Waals surface area (Å²) in [5.41, 5.74) is 7.92. The van der Waals surface area contributed by atoms with E-state index in [2.05, 4.69) is 0 Å². The molecule has 0 radical (unpaired) electrons. The van der Waals surface area contributed by atoms with Crippen molar-refractivity contribution in [3.63, 3.8) is 0 Å². The zero-order chi connectivity index (χ0) is 26.5. The quantitative estimate of drug-likeness (QED) is 0.173. The highest BCUT2D eigenvalue weighted by atomic mass is 16.5. The first-order chi connectivity index (χ1) is 17.0. The summed E-state index contributed by atoms with van der Waals surface area (Å²) in [7, 11) is 0. The third-order valence-electron chi connectivity index (χ3n) is 7.76. The van der Waals surface area contributed by atoms with Crippen molar-refractivity contribution in [1.29, 1.82) is 0 Å². The zero-order valence-electron chi connectivity index (χ0n) is 19.7. The lowest BCUT2D eigenvalue weighted by atomic mass is 9.54. The van der Waals surface area contributed by atoms with E-state index >= 15 is 0 Å². The van der Waals surface area contributed by atoms with E-state index in [1.165, 1.54) is 6.07 Å². The smallest absolute Gasteiger partial charge is 0.306 e. The van der Waals surface area contributed by atoms with E-state index in [1.807, 2.05) is 0 Å². The SMILES string of the molecule is C[C@H]1c2cccc(O)c2C(=O)C2=C(O)[C@]3(O)C(=O)C(C(N)=O)C(O)C[C@@H]3[C@@H](OC(=O)CCCCN)[C@@H]21. The van der Waals surface area contributed by atoms with Crippen LogP contribution in [-0.4, -0.2) is 68.2 Å². The van der Waals surface area contributed by atoms with E-state index in [-0.39, 0.29) is 23.3 Å². The summed E-state index contributed by atoms with van der Waals surface area (Å²) >= 11 is 0. The minimum Gasteiger partial charge on any atom is -0.508 e. The number of primary amides is 1. The number of phenols is 1. The molecule has 1 aromatic rings. The molecule has 1 aromatic carbocycles. The number of rotatable bonds is 6. The Morgan fingerprint density at radius 1 is 1.19 bits per heavy atom. The molecule has 36 heavy (non-hydrogen) atoms. The summed E-state index contributed by atoms with van der Waals surface area (Å²) in [6, 6.07) is 4.46. The molecular weight excluding hydrogens is 472 g/mol. The van der Waals surface area contributed by atoms with Crippen molar-refractivity contribution in [2.24, 2.45) is 29.2 Å². The molecule has 194 valence electrons. The average molecular weight is 503 g/mol. The predicted molar refractivity (Wildman–Crippen MR) is 124 cm³/mol. The number of ether oxygens (including phenoxy) is 1. The number of carbonyl (C=O) groups excluding carboxylic acids is 4. The summed E-state index contributed by atoms with van der Waals surface area (Å²) < 4.78 is 5.77. The molecule has 11 heteroatoms. The summed E-state index contributed by atoms with van der Waals surface area (Å²) in [5.74, 6) is -10.1. The second-order valence-corrected chi connectivity index (χ2v) is 9.77. The number of hydrogen-bond acceptors (Lipinski definition) is 10. The van der Waals surface area contributed by atoms with Gasteiger partial charge in [-0.25, -0.2) is 0 Å². The Labute approximate surface area is 206 Å². The molecule has 0 saturated heterocycles. The number of aliphatic hydroxyl groups is 3. The summed E-state index contributed by atoms with van der Waals surface area (Å²) in [6.07, 6.45) is -2.35. The van der Waals surface area contributed by atoms with Crippen LogP contribution in [0, 0.1) is 17.8 Å². The molecule has 4 rings (SSSR count). The number of Topliss-reactive ketones (excluding diaryl/α,β-unsaturated/α-hetero) is 2. The van der Waals surface area contributed by atoms with Crippen LogP contribution >= 0.6 is 0 Å². The van der Waals surface area contributed by atoms with Gasteiger partial charge >= 0.3 is 5.97 Å². The Bertz CT molecular complexity index is 1160. The normalized spacial score (nSPS) is 33.4. The van der Waals surface area contributed by atoms with Crippen LogP contribution in [0.2, 0.25) is 0 Å². The van der Waals surface area contributed by atoms with Crippen molar-refractivity contribution >= 4 is 23.4 Å². The van der Waals surface area contributed by atoms with E-state index in [1.54, 1.807) is 19.1 Å². The van der Waals surface area contributed by atoms with Crippen LogP contribution in [0.25, 0.3) is 0 Å². The van der Waals surface area contributed by atoms with Crippen molar-refractivity contribution in [2.75, 3.05) is 6.54 Å². The number of phenolic OH excluding ortho intramolecular Hbond substituents is 1. The fraction of sp³-hybridized carbons (Fsp3) is 0.520. The minimum absolute atomic E-state index is 0.0172. The minimum atomic E-state index is -2.82. The largest absolute Gasteiger partial charge is 0.508 e. The highest BCUT2D eigenvalue weighted by Gasteiger charge is 2.67. The third-order valence-corrected chi connectivity index (χ3v) is 7.76. The molecule has 0 aromatic heterocycles. The number of aromatic hydroxyl groups is 1. The van der Waals surface area contributed by atoms with Crippen molar-refractivity contribution in [3.8, 4) is 5.75 Å². The number of unbranched alkanes of at least 4 members (excludes halogenated alkanes) is 1. The van der Waals surface area contributed by atoms with Crippen molar-refractivity contribution in [1.82, 2.24) is 0 Å². The van der Waals surface area contributed by atoms with E-state index in [4.69, 9.17) is 16.2 Å². The molecule has 2 unspecified atom stereocenters. The van der Waals surface area contributed by atoms with E-state index < -0.39 is 77.1 Å². The van der Waals surface area contributed by atoms with Crippen LogP contribution in [0.3, 0.4) is 0 Å². The molecule has 1 fully saturated rings. The summed E-state index contributed by atoms with van der Waals surface area (Å²) in [5, 5.41) is 43.9. The molecule has 7 atom stereocenters. The van der Waals surface area contributed by atoms with Crippen LogP contribution in [-0.2, 0) is 19.1 Å².